The number of ether oxygens (including phenoxy) is 4. The van der Waals surface area contributed by atoms with Crippen LogP contribution in [0.25, 0.3) is 6.08 Å². The number of carbonyl (C=O) groups excluding carboxylic acids is 2. The highest BCUT2D eigenvalue weighted by atomic mass is 16.6. The predicted molar refractivity (Wildman–Crippen MR) is 124 cm³/mol. The van der Waals surface area contributed by atoms with E-state index in [-0.39, 0.29) is 22.8 Å². The van der Waals surface area contributed by atoms with E-state index in [2.05, 4.69) is 0 Å². The van der Waals surface area contributed by atoms with Crippen molar-refractivity contribution in [3.63, 3.8) is 0 Å². The van der Waals surface area contributed by atoms with Gasteiger partial charge in [0.1, 0.15) is 5.75 Å². The first-order valence-corrected chi connectivity index (χ1v) is 9.96. The molecule has 9 heteroatoms. The van der Waals surface area contributed by atoms with Crippen molar-refractivity contribution >= 4 is 23.5 Å². The molecule has 0 aliphatic heterocycles. The lowest BCUT2D eigenvalue weighted by Crippen LogP contribution is -2.08. The molecule has 0 saturated carbocycles. The molecule has 0 amide bonds. The standard InChI is InChI=1S/C25H21NO8/c1-31-22-15-9-17(23(32-2)24(22)33-3)8-14-21(27)16-6-12-20(13-7-16)34-25(28)18-4-10-19(11-5-18)26(29)30/h4-15H,1-3H3. The second kappa shape index (κ2) is 10.8. The highest BCUT2D eigenvalue weighted by Gasteiger charge is 2.15. The molecular weight excluding hydrogens is 442 g/mol. The lowest BCUT2D eigenvalue weighted by molar-refractivity contribution is -0.384. The van der Waals surface area contributed by atoms with Gasteiger partial charge in [-0.15, -0.1) is 0 Å². The normalized spacial score (nSPS) is 10.6. The smallest absolute Gasteiger partial charge is 0.343 e. The van der Waals surface area contributed by atoms with Gasteiger partial charge in [-0.2, -0.15) is 0 Å². The Hall–Kier alpha value is -4.66. The zero-order valence-corrected chi connectivity index (χ0v) is 18.6. The Morgan fingerprint density at radius 1 is 0.794 bits per heavy atom. The molecule has 0 spiro atoms. The van der Waals surface area contributed by atoms with Gasteiger partial charge in [0.2, 0.25) is 5.75 Å². The van der Waals surface area contributed by atoms with Crippen molar-refractivity contribution in [1.82, 2.24) is 0 Å². The third-order valence-corrected chi connectivity index (χ3v) is 4.81. The third-order valence-electron chi connectivity index (χ3n) is 4.81. The molecule has 0 heterocycles. The summed E-state index contributed by atoms with van der Waals surface area (Å²) in [5, 5.41) is 10.7. The Morgan fingerprint density at radius 2 is 1.41 bits per heavy atom. The first kappa shape index (κ1) is 24.0. The SMILES string of the molecule is COc1ccc(C=CC(=O)c2ccc(OC(=O)c3ccc([N+](=O)[O-])cc3)cc2)c(OC)c1OC. The molecule has 34 heavy (non-hydrogen) atoms. The summed E-state index contributed by atoms with van der Waals surface area (Å²) in [5.74, 6) is 0.629. The molecule has 174 valence electrons. The number of methoxy groups -OCH3 is 3. The van der Waals surface area contributed by atoms with Crippen LogP contribution in [0.5, 0.6) is 23.0 Å². The van der Waals surface area contributed by atoms with Crippen LogP contribution in [0.1, 0.15) is 26.3 Å². The molecule has 0 N–H and O–H groups in total. The van der Waals surface area contributed by atoms with Crippen LogP contribution >= 0.6 is 0 Å². The van der Waals surface area contributed by atoms with Crippen molar-refractivity contribution in [2.75, 3.05) is 21.3 Å². The molecule has 0 fully saturated rings. The average molecular weight is 463 g/mol. The Labute approximate surface area is 195 Å². The van der Waals surface area contributed by atoms with Crippen LogP contribution in [0.4, 0.5) is 5.69 Å². The summed E-state index contributed by atoms with van der Waals surface area (Å²) in [7, 11) is 4.51. The number of nitro benzene ring substituents is 1. The highest BCUT2D eigenvalue weighted by molar-refractivity contribution is 6.07. The summed E-state index contributed by atoms with van der Waals surface area (Å²) in [6.45, 7) is 0. The van der Waals surface area contributed by atoms with E-state index in [1.165, 1.54) is 75.9 Å². The van der Waals surface area contributed by atoms with Crippen LogP contribution in [0.3, 0.4) is 0 Å². The Kier molecular flexibility index (Phi) is 7.60. The minimum Gasteiger partial charge on any atom is -0.493 e. The van der Waals surface area contributed by atoms with Gasteiger partial charge in [0, 0.05) is 23.3 Å². The quantitative estimate of drug-likeness (QED) is 0.112. The summed E-state index contributed by atoms with van der Waals surface area (Å²) >= 11 is 0. The summed E-state index contributed by atoms with van der Waals surface area (Å²) in [6.07, 6.45) is 2.99. The lowest BCUT2D eigenvalue weighted by Gasteiger charge is -2.13. The zero-order chi connectivity index (χ0) is 24.7. The minimum absolute atomic E-state index is 0.127. The predicted octanol–water partition coefficient (Wildman–Crippen LogP) is 4.74. The van der Waals surface area contributed by atoms with E-state index in [0.29, 0.717) is 28.4 Å². The van der Waals surface area contributed by atoms with Crippen LogP contribution < -0.4 is 18.9 Å². The second-order valence-corrected chi connectivity index (χ2v) is 6.84. The van der Waals surface area contributed by atoms with Crippen molar-refractivity contribution in [1.29, 1.82) is 0 Å². The maximum atomic E-state index is 12.6. The number of hydrogen-bond donors (Lipinski definition) is 0. The number of non-ortho nitro benzene ring substituents is 1. The number of ketones is 1. The maximum Gasteiger partial charge on any atom is 0.343 e. The molecular formula is C25H21NO8. The summed E-state index contributed by atoms with van der Waals surface area (Å²) in [5.41, 5.74) is 1.05. The highest BCUT2D eigenvalue weighted by Crippen LogP contribution is 2.40. The van der Waals surface area contributed by atoms with Crippen LogP contribution in [0, 0.1) is 10.1 Å². The van der Waals surface area contributed by atoms with Crippen molar-refractivity contribution in [3.8, 4) is 23.0 Å². The van der Waals surface area contributed by atoms with E-state index in [0.717, 1.165) is 0 Å². The second-order valence-electron chi connectivity index (χ2n) is 6.84. The fourth-order valence-electron chi connectivity index (χ4n) is 3.09. The fourth-order valence-corrected chi connectivity index (χ4v) is 3.09. The number of benzene rings is 3. The van der Waals surface area contributed by atoms with Gasteiger partial charge in [0.15, 0.2) is 17.3 Å². The van der Waals surface area contributed by atoms with Crippen LogP contribution in [-0.2, 0) is 0 Å². The molecule has 3 rings (SSSR count). The first-order chi connectivity index (χ1) is 16.4. The molecule has 3 aromatic carbocycles. The van der Waals surface area contributed by atoms with E-state index in [1.54, 1.807) is 18.2 Å². The van der Waals surface area contributed by atoms with Gasteiger partial charge in [-0.1, -0.05) is 0 Å². The third kappa shape index (κ3) is 5.39. The number of allylic oxidation sites excluding steroid dienone is 1. The Morgan fingerprint density at radius 3 is 1.97 bits per heavy atom. The largest absolute Gasteiger partial charge is 0.493 e. The van der Waals surface area contributed by atoms with Gasteiger partial charge >= 0.3 is 5.97 Å². The number of nitrogens with zero attached hydrogens (tertiary/aromatic N) is 1. The number of rotatable bonds is 9. The molecule has 0 saturated heterocycles. The zero-order valence-electron chi connectivity index (χ0n) is 18.6. The van der Waals surface area contributed by atoms with Gasteiger partial charge < -0.3 is 18.9 Å². The topological polar surface area (TPSA) is 114 Å². The van der Waals surface area contributed by atoms with E-state index < -0.39 is 10.9 Å². The van der Waals surface area contributed by atoms with Crippen LogP contribution in [-0.4, -0.2) is 38.0 Å². The van der Waals surface area contributed by atoms with Crippen molar-refractivity contribution in [2.24, 2.45) is 0 Å². The molecule has 0 unspecified atom stereocenters. The Bertz CT molecular complexity index is 1230. The molecule has 0 aromatic heterocycles. The number of esters is 1. The van der Waals surface area contributed by atoms with Crippen LogP contribution in [0.2, 0.25) is 0 Å². The molecule has 0 aliphatic carbocycles. The van der Waals surface area contributed by atoms with Crippen LogP contribution in [0.15, 0.2) is 66.7 Å². The van der Waals surface area contributed by atoms with Gasteiger partial charge in [-0.05, 0) is 60.7 Å². The van der Waals surface area contributed by atoms with E-state index in [9.17, 15) is 19.7 Å². The maximum absolute atomic E-state index is 12.6. The molecule has 0 atom stereocenters. The van der Waals surface area contributed by atoms with Gasteiger partial charge in [-0.25, -0.2) is 4.79 Å². The monoisotopic (exact) mass is 463 g/mol. The van der Waals surface area contributed by atoms with Gasteiger partial charge in [0.25, 0.3) is 5.69 Å². The van der Waals surface area contributed by atoms with Crippen molar-refractivity contribution in [2.45, 2.75) is 0 Å². The molecule has 0 bridgehead atoms. The molecule has 3 aromatic rings. The number of carbonyl (C=O) groups is 2. The van der Waals surface area contributed by atoms with E-state index in [1.807, 2.05) is 0 Å². The van der Waals surface area contributed by atoms with Gasteiger partial charge in [-0.3, -0.25) is 14.9 Å². The minimum atomic E-state index is -0.672. The summed E-state index contributed by atoms with van der Waals surface area (Å²) in [6, 6.07) is 14.5. The van der Waals surface area contributed by atoms with Crippen molar-refractivity contribution < 1.29 is 33.5 Å². The molecule has 0 aliphatic rings. The first-order valence-electron chi connectivity index (χ1n) is 9.96. The molecule has 0 radical (unpaired) electrons. The average Bonchev–Trinajstić information content (AvgIpc) is 2.86. The van der Waals surface area contributed by atoms with E-state index in [4.69, 9.17) is 18.9 Å². The van der Waals surface area contributed by atoms with E-state index >= 15 is 0 Å². The van der Waals surface area contributed by atoms with Crippen molar-refractivity contribution in [3.05, 3.63) is 93.5 Å². The Balaban J connectivity index is 1.70. The number of nitro groups is 1. The van der Waals surface area contributed by atoms with Gasteiger partial charge in [0.05, 0.1) is 31.8 Å². The summed E-state index contributed by atoms with van der Waals surface area (Å²) < 4.78 is 21.3. The molecule has 9 nitrogen and oxygen atoms in total. The lowest BCUT2D eigenvalue weighted by atomic mass is 10.1. The summed E-state index contributed by atoms with van der Waals surface area (Å²) in [4.78, 5) is 35.0. The fraction of sp³-hybridized carbons (Fsp3) is 0.120. The number of hydrogen-bond acceptors (Lipinski definition) is 8.